The lowest BCUT2D eigenvalue weighted by molar-refractivity contribution is 0.0946. The summed E-state index contributed by atoms with van der Waals surface area (Å²) >= 11 is 0. The van der Waals surface area contributed by atoms with E-state index in [4.69, 9.17) is 9.47 Å². The second-order valence-electron chi connectivity index (χ2n) is 6.44. The summed E-state index contributed by atoms with van der Waals surface area (Å²) in [5.41, 5.74) is 3.09. The molecule has 0 unspecified atom stereocenters. The summed E-state index contributed by atoms with van der Waals surface area (Å²) in [6, 6.07) is 9.62. The van der Waals surface area contributed by atoms with E-state index in [1.54, 1.807) is 20.4 Å². The number of fused-ring (bicyclic) bond motifs is 1. The van der Waals surface area contributed by atoms with Gasteiger partial charge in [0, 0.05) is 25.5 Å². The van der Waals surface area contributed by atoms with E-state index in [0.717, 1.165) is 23.3 Å². The molecule has 3 rings (SSSR count). The van der Waals surface area contributed by atoms with E-state index < -0.39 is 0 Å². The van der Waals surface area contributed by atoms with Crippen LogP contribution in [0.4, 0.5) is 0 Å². The van der Waals surface area contributed by atoms with Crippen LogP contribution in [0.2, 0.25) is 0 Å². The van der Waals surface area contributed by atoms with Gasteiger partial charge in [-0.25, -0.2) is 4.98 Å². The van der Waals surface area contributed by atoms with Gasteiger partial charge in [0.05, 0.1) is 14.2 Å². The van der Waals surface area contributed by atoms with E-state index in [9.17, 15) is 4.79 Å². The molecule has 3 aromatic rings. The van der Waals surface area contributed by atoms with Crippen LogP contribution in [0.25, 0.3) is 16.8 Å². The minimum absolute atomic E-state index is 0.173. The van der Waals surface area contributed by atoms with E-state index in [-0.39, 0.29) is 5.91 Å². The topological polar surface area (TPSA) is 68.1 Å². The molecule has 1 amide bonds. The molecule has 0 aliphatic rings. The first-order valence-electron chi connectivity index (χ1n) is 8.66. The number of ether oxygens (including phenoxy) is 2. The maximum Gasteiger partial charge on any atom is 0.271 e. The van der Waals surface area contributed by atoms with Crippen LogP contribution in [-0.2, 0) is 0 Å². The molecule has 0 fully saturated rings. The summed E-state index contributed by atoms with van der Waals surface area (Å²) in [7, 11) is 7.15. The van der Waals surface area contributed by atoms with Crippen LogP contribution in [0.3, 0.4) is 0 Å². The number of amides is 1. The van der Waals surface area contributed by atoms with Crippen LogP contribution in [-0.4, -0.2) is 61.6 Å². The largest absolute Gasteiger partial charge is 0.493 e. The molecule has 7 nitrogen and oxygen atoms in total. The molecule has 7 heteroatoms. The van der Waals surface area contributed by atoms with Gasteiger partial charge < -0.3 is 24.1 Å². The highest BCUT2D eigenvalue weighted by Gasteiger charge is 2.12. The van der Waals surface area contributed by atoms with Crippen LogP contribution < -0.4 is 14.8 Å². The Morgan fingerprint density at radius 1 is 1.07 bits per heavy atom. The Morgan fingerprint density at radius 3 is 2.52 bits per heavy atom. The van der Waals surface area contributed by atoms with Crippen molar-refractivity contribution >= 4 is 11.6 Å². The van der Waals surface area contributed by atoms with Gasteiger partial charge in [0.15, 0.2) is 11.5 Å². The molecule has 0 spiro atoms. The van der Waals surface area contributed by atoms with Gasteiger partial charge in [-0.05, 0) is 49.5 Å². The summed E-state index contributed by atoms with van der Waals surface area (Å²) in [5.74, 6) is 1.18. The molecule has 0 atom stereocenters. The van der Waals surface area contributed by atoms with Gasteiger partial charge in [0.25, 0.3) is 5.91 Å². The van der Waals surface area contributed by atoms with Crippen molar-refractivity contribution in [3.63, 3.8) is 0 Å². The number of imidazole rings is 1. The minimum atomic E-state index is -0.173. The van der Waals surface area contributed by atoms with Crippen LogP contribution in [0.15, 0.2) is 42.7 Å². The van der Waals surface area contributed by atoms with Gasteiger partial charge in [-0.1, -0.05) is 6.07 Å². The number of hydrogen-bond acceptors (Lipinski definition) is 5. The summed E-state index contributed by atoms with van der Waals surface area (Å²) < 4.78 is 12.5. The number of aromatic nitrogens is 2. The number of carbonyl (C=O) groups is 1. The molecule has 27 heavy (non-hydrogen) atoms. The number of nitrogens with zero attached hydrogens (tertiary/aromatic N) is 3. The third-order valence-corrected chi connectivity index (χ3v) is 4.25. The molecule has 2 aromatic heterocycles. The Morgan fingerprint density at radius 2 is 1.81 bits per heavy atom. The predicted molar refractivity (Wildman–Crippen MR) is 105 cm³/mol. The molecule has 1 N–H and O–H groups in total. The third-order valence-electron chi connectivity index (χ3n) is 4.25. The lowest BCUT2D eigenvalue weighted by atomic mass is 10.1. The normalized spacial score (nSPS) is 11.0. The molecule has 0 radical (unpaired) electrons. The van der Waals surface area contributed by atoms with Crippen molar-refractivity contribution in [3.8, 4) is 22.6 Å². The Hall–Kier alpha value is -3.06. The number of hydrogen-bond donors (Lipinski definition) is 1. The van der Waals surface area contributed by atoms with E-state index in [2.05, 4.69) is 10.3 Å². The van der Waals surface area contributed by atoms with Crippen molar-refractivity contribution in [1.82, 2.24) is 19.6 Å². The smallest absolute Gasteiger partial charge is 0.271 e. The maximum absolute atomic E-state index is 12.3. The second-order valence-corrected chi connectivity index (χ2v) is 6.44. The average Bonchev–Trinajstić information content (AvgIpc) is 3.10. The summed E-state index contributed by atoms with van der Waals surface area (Å²) in [4.78, 5) is 18.7. The van der Waals surface area contributed by atoms with Crippen molar-refractivity contribution < 1.29 is 14.3 Å². The van der Waals surface area contributed by atoms with Gasteiger partial charge in [0.2, 0.25) is 0 Å². The number of benzene rings is 1. The summed E-state index contributed by atoms with van der Waals surface area (Å²) in [5, 5.41) is 2.88. The van der Waals surface area contributed by atoms with Crippen LogP contribution in [0.1, 0.15) is 10.5 Å². The molecule has 0 saturated heterocycles. The molecule has 142 valence electrons. The zero-order valence-corrected chi connectivity index (χ0v) is 16.0. The van der Waals surface area contributed by atoms with Crippen molar-refractivity contribution in [2.24, 2.45) is 0 Å². The van der Waals surface area contributed by atoms with Crippen molar-refractivity contribution in [2.75, 3.05) is 41.4 Å². The molecule has 2 heterocycles. The first kappa shape index (κ1) is 18.7. The number of likely N-dealkylation sites (N-methyl/N-ethyl adjacent to an activating group) is 1. The van der Waals surface area contributed by atoms with Crippen LogP contribution in [0.5, 0.6) is 11.5 Å². The average molecular weight is 368 g/mol. The molecule has 0 saturated carbocycles. The Kier molecular flexibility index (Phi) is 5.61. The number of nitrogens with one attached hydrogen (secondary N) is 1. The van der Waals surface area contributed by atoms with Gasteiger partial charge in [-0.15, -0.1) is 0 Å². The maximum atomic E-state index is 12.3. The highest BCUT2D eigenvalue weighted by Crippen LogP contribution is 2.32. The zero-order chi connectivity index (χ0) is 19.4. The highest BCUT2D eigenvalue weighted by atomic mass is 16.5. The van der Waals surface area contributed by atoms with Crippen LogP contribution >= 0.6 is 0 Å². The van der Waals surface area contributed by atoms with E-state index in [1.165, 1.54) is 0 Å². The number of pyridine rings is 1. The fraction of sp³-hybridized carbons (Fsp3) is 0.300. The molecule has 0 aliphatic heterocycles. The SMILES string of the molecule is COc1ccc(-c2ccc3nc(C(=O)NCCN(C)C)cn3c2)cc1OC. The van der Waals surface area contributed by atoms with Crippen molar-refractivity contribution in [2.45, 2.75) is 0 Å². The molecular formula is C20H24N4O3. The Labute approximate surface area is 158 Å². The first-order valence-corrected chi connectivity index (χ1v) is 8.66. The first-order chi connectivity index (χ1) is 13.0. The molecule has 0 bridgehead atoms. The highest BCUT2D eigenvalue weighted by molar-refractivity contribution is 5.92. The fourth-order valence-electron chi connectivity index (χ4n) is 2.77. The monoisotopic (exact) mass is 368 g/mol. The number of rotatable bonds is 7. The van der Waals surface area contributed by atoms with Crippen LogP contribution in [0, 0.1) is 0 Å². The number of methoxy groups -OCH3 is 2. The lowest BCUT2D eigenvalue weighted by Gasteiger charge is -2.10. The number of carbonyl (C=O) groups excluding carboxylic acids is 1. The van der Waals surface area contributed by atoms with E-state index in [0.29, 0.717) is 23.7 Å². The zero-order valence-electron chi connectivity index (χ0n) is 16.0. The van der Waals surface area contributed by atoms with Gasteiger partial charge in [0.1, 0.15) is 11.3 Å². The quantitative estimate of drug-likeness (QED) is 0.693. The third kappa shape index (κ3) is 4.20. The van der Waals surface area contributed by atoms with Gasteiger partial charge in [-0.3, -0.25) is 4.79 Å². The van der Waals surface area contributed by atoms with Gasteiger partial charge >= 0.3 is 0 Å². The molecule has 1 aromatic carbocycles. The molecular weight excluding hydrogens is 344 g/mol. The second kappa shape index (κ2) is 8.09. The lowest BCUT2D eigenvalue weighted by Crippen LogP contribution is -2.31. The molecule has 0 aliphatic carbocycles. The summed E-state index contributed by atoms with van der Waals surface area (Å²) in [6.45, 7) is 1.36. The Balaban J connectivity index is 1.84. The summed E-state index contributed by atoms with van der Waals surface area (Å²) in [6.07, 6.45) is 3.69. The van der Waals surface area contributed by atoms with Crippen molar-refractivity contribution in [3.05, 3.63) is 48.4 Å². The minimum Gasteiger partial charge on any atom is -0.493 e. The standard InChI is InChI=1S/C20H24N4O3/c1-23(2)10-9-21-20(25)16-13-24-12-15(6-8-19(24)22-16)14-5-7-17(26-3)18(11-14)27-4/h5-8,11-13H,9-10H2,1-4H3,(H,21,25). The van der Waals surface area contributed by atoms with Gasteiger partial charge in [-0.2, -0.15) is 0 Å². The van der Waals surface area contributed by atoms with E-state index in [1.807, 2.05) is 59.9 Å². The predicted octanol–water partition coefficient (Wildman–Crippen LogP) is 2.31. The fourth-order valence-corrected chi connectivity index (χ4v) is 2.77. The Bertz CT molecular complexity index is 950. The van der Waals surface area contributed by atoms with Crippen molar-refractivity contribution in [1.29, 1.82) is 0 Å². The van der Waals surface area contributed by atoms with E-state index >= 15 is 0 Å².